The Bertz CT molecular complexity index is 1400. The Labute approximate surface area is 224 Å². The van der Waals surface area contributed by atoms with Crippen molar-refractivity contribution in [3.63, 3.8) is 0 Å². The SMILES string of the molecule is C=C(N)N=C(C)/C(C#N)=C(\C)N(CCC)CC(N=CN)=Nc1cccc(-c2ccc[nH]2)c1-c1ccccc1. The summed E-state index contributed by atoms with van der Waals surface area (Å²) < 4.78 is 0. The second kappa shape index (κ2) is 13.4. The molecule has 8 nitrogen and oxygen atoms in total. The van der Waals surface area contributed by atoms with E-state index in [0.717, 1.165) is 40.2 Å². The number of nitrogens with two attached hydrogens (primary N) is 2. The van der Waals surface area contributed by atoms with Gasteiger partial charge in [-0.25, -0.2) is 15.0 Å². The first-order valence-corrected chi connectivity index (χ1v) is 12.4. The summed E-state index contributed by atoms with van der Waals surface area (Å²) in [5, 5.41) is 9.88. The van der Waals surface area contributed by atoms with Crippen LogP contribution < -0.4 is 11.5 Å². The van der Waals surface area contributed by atoms with Crippen molar-refractivity contribution in [3.05, 3.63) is 90.5 Å². The van der Waals surface area contributed by atoms with Crippen molar-refractivity contribution in [2.75, 3.05) is 13.1 Å². The molecule has 3 aromatic rings. The molecule has 0 radical (unpaired) electrons. The first-order valence-electron chi connectivity index (χ1n) is 12.4. The third-order valence-electron chi connectivity index (χ3n) is 5.91. The smallest absolute Gasteiger partial charge is 0.149 e. The molecule has 0 spiro atoms. The fourth-order valence-corrected chi connectivity index (χ4v) is 4.25. The van der Waals surface area contributed by atoms with E-state index in [1.165, 1.54) is 6.34 Å². The number of hydrogen-bond donors (Lipinski definition) is 3. The number of allylic oxidation sites excluding steroid dienone is 2. The Kier molecular flexibility index (Phi) is 9.78. The van der Waals surface area contributed by atoms with Crippen LogP contribution in [0, 0.1) is 11.3 Å². The molecule has 1 aromatic heterocycles. The first-order chi connectivity index (χ1) is 18.4. The maximum absolute atomic E-state index is 9.88. The van der Waals surface area contributed by atoms with Gasteiger partial charge in [-0.05, 0) is 44.0 Å². The summed E-state index contributed by atoms with van der Waals surface area (Å²) in [6.07, 6.45) is 4.00. The number of H-pyrrole nitrogens is 1. The monoisotopic (exact) mass is 506 g/mol. The van der Waals surface area contributed by atoms with Gasteiger partial charge in [0.25, 0.3) is 0 Å². The number of hydrogen-bond acceptors (Lipinski definition) is 5. The van der Waals surface area contributed by atoms with E-state index in [4.69, 9.17) is 16.5 Å². The summed E-state index contributed by atoms with van der Waals surface area (Å²) in [5.74, 6) is 0.659. The van der Waals surface area contributed by atoms with E-state index in [-0.39, 0.29) is 5.82 Å². The Hall–Kier alpha value is -4.90. The number of aromatic amines is 1. The average Bonchev–Trinajstić information content (AvgIpc) is 3.44. The van der Waals surface area contributed by atoms with Gasteiger partial charge >= 0.3 is 0 Å². The highest BCUT2D eigenvalue weighted by molar-refractivity contribution is 6.03. The highest BCUT2D eigenvalue weighted by atomic mass is 15.2. The molecule has 0 aliphatic carbocycles. The molecule has 38 heavy (non-hydrogen) atoms. The summed E-state index contributed by atoms with van der Waals surface area (Å²) in [4.78, 5) is 19.0. The predicted molar refractivity (Wildman–Crippen MR) is 158 cm³/mol. The van der Waals surface area contributed by atoms with Gasteiger partial charge in [0.15, 0.2) is 0 Å². The molecule has 0 aliphatic rings. The molecular formula is C30H34N8. The third-order valence-corrected chi connectivity index (χ3v) is 5.91. The van der Waals surface area contributed by atoms with Crippen LogP contribution in [0.1, 0.15) is 27.2 Å². The van der Waals surface area contributed by atoms with E-state index in [2.05, 4.69) is 57.6 Å². The van der Waals surface area contributed by atoms with Crippen LogP contribution in [-0.4, -0.2) is 40.9 Å². The van der Waals surface area contributed by atoms with Gasteiger partial charge in [0.1, 0.15) is 17.7 Å². The average molecular weight is 507 g/mol. The van der Waals surface area contributed by atoms with E-state index in [1.54, 1.807) is 6.92 Å². The van der Waals surface area contributed by atoms with Crippen LogP contribution in [0.4, 0.5) is 5.69 Å². The summed E-state index contributed by atoms with van der Waals surface area (Å²) in [6.45, 7) is 10.4. The van der Waals surface area contributed by atoms with Crippen molar-refractivity contribution in [3.8, 4) is 28.5 Å². The number of nitrogens with one attached hydrogen (secondary N) is 1. The second-order valence-electron chi connectivity index (χ2n) is 8.64. The lowest BCUT2D eigenvalue weighted by atomic mass is 9.96. The van der Waals surface area contributed by atoms with Crippen LogP contribution in [0.25, 0.3) is 22.4 Å². The lowest BCUT2D eigenvalue weighted by Gasteiger charge is -2.26. The van der Waals surface area contributed by atoms with Gasteiger partial charge in [-0.3, -0.25) is 0 Å². The van der Waals surface area contributed by atoms with Gasteiger partial charge in [0.05, 0.1) is 29.9 Å². The van der Waals surface area contributed by atoms with Crippen molar-refractivity contribution in [2.45, 2.75) is 27.2 Å². The number of rotatable bonds is 10. The van der Waals surface area contributed by atoms with Crippen LogP contribution in [0.5, 0.6) is 0 Å². The van der Waals surface area contributed by atoms with Gasteiger partial charge < -0.3 is 21.4 Å². The minimum Gasteiger partial charge on any atom is -0.390 e. The van der Waals surface area contributed by atoms with Crippen molar-refractivity contribution in [2.24, 2.45) is 26.4 Å². The molecule has 1 heterocycles. The molecule has 0 amide bonds. The predicted octanol–water partition coefficient (Wildman–Crippen LogP) is 5.77. The Morgan fingerprint density at radius 1 is 1.11 bits per heavy atom. The van der Waals surface area contributed by atoms with Crippen LogP contribution in [0.2, 0.25) is 0 Å². The molecule has 0 saturated carbocycles. The van der Waals surface area contributed by atoms with Gasteiger partial charge in [0.2, 0.25) is 0 Å². The fraction of sp³-hybridized carbons (Fsp3) is 0.200. The van der Waals surface area contributed by atoms with Gasteiger partial charge in [-0.2, -0.15) is 5.26 Å². The molecule has 3 rings (SSSR count). The molecule has 0 unspecified atom stereocenters. The lowest BCUT2D eigenvalue weighted by Crippen LogP contribution is -2.30. The Morgan fingerprint density at radius 2 is 1.87 bits per heavy atom. The summed E-state index contributed by atoms with van der Waals surface area (Å²) >= 11 is 0. The Morgan fingerprint density at radius 3 is 2.47 bits per heavy atom. The minimum atomic E-state index is 0.149. The maximum Gasteiger partial charge on any atom is 0.149 e. The minimum absolute atomic E-state index is 0.149. The van der Waals surface area contributed by atoms with Crippen LogP contribution in [-0.2, 0) is 0 Å². The van der Waals surface area contributed by atoms with E-state index in [0.29, 0.717) is 30.2 Å². The van der Waals surface area contributed by atoms with Gasteiger partial charge in [-0.15, -0.1) is 0 Å². The van der Waals surface area contributed by atoms with Crippen molar-refractivity contribution in [1.29, 1.82) is 5.26 Å². The number of nitriles is 1. The van der Waals surface area contributed by atoms with E-state index >= 15 is 0 Å². The highest BCUT2D eigenvalue weighted by Crippen LogP contribution is 2.39. The molecule has 8 heteroatoms. The second-order valence-corrected chi connectivity index (χ2v) is 8.64. The zero-order valence-electron chi connectivity index (χ0n) is 22.1. The largest absolute Gasteiger partial charge is 0.390 e. The van der Waals surface area contributed by atoms with E-state index in [9.17, 15) is 5.26 Å². The van der Waals surface area contributed by atoms with Crippen LogP contribution >= 0.6 is 0 Å². The standard InChI is InChI=1S/C30H34N8/c1-5-17-38(22(3)26(18-31)21(2)36-23(4)33)19-29(35-20-32)37-28-14-9-13-25(27-15-10-16-34-27)30(28)24-11-7-6-8-12-24/h6-16,20,34H,4-5,17,19,33H2,1-3H3,(H2,32,35,37)/b26-22+,36-21?. The lowest BCUT2D eigenvalue weighted by molar-refractivity contribution is 0.388. The molecule has 0 aliphatic heterocycles. The Balaban J connectivity index is 2.15. The first kappa shape index (κ1) is 27.7. The van der Waals surface area contributed by atoms with Gasteiger partial charge in [-0.1, -0.05) is 56.0 Å². The van der Waals surface area contributed by atoms with Crippen molar-refractivity contribution >= 4 is 23.6 Å². The molecule has 0 atom stereocenters. The maximum atomic E-state index is 9.88. The van der Waals surface area contributed by atoms with E-state index in [1.807, 2.05) is 55.6 Å². The summed E-state index contributed by atoms with van der Waals surface area (Å²) in [6, 6.07) is 22.4. The molecule has 194 valence electrons. The van der Waals surface area contributed by atoms with Crippen LogP contribution in [0.15, 0.2) is 106 Å². The van der Waals surface area contributed by atoms with E-state index < -0.39 is 0 Å². The fourth-order valence-electron chi connectivity index (χ4n) is 4.25. The third kappa shape index (κ3) is 6.86. The number of nitrogens with zero attached hydrogens (tertiary/aromatic N) is 5. The molecular weight excluding hydrogens is 472 g/mol. The van der Waals surface area contributed by atoms with Crippen molar-refractivity contribution < 1.29 is 0 Å². The highest BCUT2D eigenvalue weighted by Gasteiger charge is 2.17. The molecule has 0 fully saturated rings. The zero-order chi connectivity index (χ0) is 27.5. The molecule has 0 bridgehead atoms. The number of aromatic nitrogens is 1. The number of amidine groups is 1. The summed E-state index contributed by atoms with van der Waals surface area (Å²) in [7, 11) is 0. The molecule has 5 N–H and O–H groups in total. The topological polar surface area (TPSA) is 132 Å². The number of benzene rings is 2. The zero-order valence-corrected chi connectivity index (χ0v) is 22.1. The van der Waals surface area contributed by atoms with Crippen LogP contribution in [0.3, 0.4) is 0 Å². The molecule has 2 aromatic carbocycles. The molecule has 0 saturated heterocycles. The summed E-state index contributed by atoms with van der Waals surface area (Å²) in [5.41, 5.74) is 17.9. The normalized spacial score (nSPS) is 12.8. The quantitative estimate of drug-likeness (QED) is 0.183. The number of aliphatic imine (C=N–C) groups is 3. The van der Waals surface area contributed by atoms with Crippen molar-refractivity contribution in [1.82, 2.24) is 9.88 Å². The van der Waals surface area contributed by atoms with Gasteiger partial charge in [0, 0.05) is 35.3 Å².